The van der Waals surface area contributed by atoms with Crippen LogP contribution in [0.3, 0.4) is 0 Å². The normalized spacial score (nSPS) is 22.5. The fourth-order valence-electron chi connectivity index (χ4n) is 2.95. The molecule has 1 aromatic heterocycles. The van der Waals surface area contributed by atoms with E-state index in [-0.39, 0.29) is 4.75 Å². The Kier molecular flexibility index (Phi) is 3.36. The van der Waals surface area contributed by atoms with Gasteiger partial charge in [-0.2, -0.15) is 0 Å². The lowest BCUT2D eigenvalue weighted by molar-refractivity contribution is 0.429. The van der Waals surface area contributed by atoms with Crippen molar-refractivity contribution in [2.45, 2.75) is 11.2 Å². The number of aliphatic imine (C=N–C) groups is 1. The first-order valence-corrected chi connectivity index (χ1v) is 8.70. The fraction of sp³-hybridized carbons (Fsp3) is 0.200. The fourth-order valence-corrected chi connectivity index (χ4v) is 4.71. The molecular weight excluding hydrogens is 386 g/mol. The number of fused-ring (bicyclic) bond motifs is 4. The number of ether oxygens (including phenoxy) is 1. The Morgan fingerprint density at radius 3 is 2.91 bits per heavy atom. The van der Waals surface area contributed by atoms with E-state index in [9.17, 15) is 0 Å². The maximum absolute atomic E-state index is 6.13. The van der Waals surface area contributed by atoms with Crippen molar-refractivity contribution in [1.82, 2.24) is 4.98 Å². The zero-order valence-electron chi connectivity index (χ0n) is 11.3. The molecule has 1 atom stereocenters. The van der Waals surface area contributed by atoms with Crippen molar-refractivity contribution in [1.29, 1.82) is 0 Å². The highest BCUT2D eigenvalue weighted by molar-refractivity contribution is 9.10. The van der Waals surface area contributed by atoms with Gasteiger partial charge in [0.05, 0.1) is 10.9 Å². The van der Waals surface area contributed by atoms with Crippen LogP contribution in [0, 0.1) is 0 Å². The van der Waals surface area contributed by atoms with Crippen molar-refractivity contribution in [3.63, 3.8) is 0 Å². The van der Waals surface area contributed by atoms with Crippen LogP contribution >= 0.6 is 39.3 Å². The van der Waals surface area contributed by atoms with Gasteiger partial charge in [0.25, 0.3) is 0 Å². The van der Waals surface area contributed by atoms with Crippen LogP contribution in [0.1, 0.15) is 17.5 Å². The maximum Gasteiger partial charge on any atom is 0.155 e. The molecule has 1 spiro atoms. The van der Waals surface area contributed by atoms with Crippen molar-refractivity contribution in [3.05, 3.63) is 51.2 Å². The lowest BCUT2D eigenvalue weighted by Gasteiger charge is -2.40. The molecule has 2 aromatic rings. The number of hydrogen-bond acceptors (Lipinski definition) is 5. The number of nitrogens with zero attached hydrogens (tertiary/aromatic N) is 2. The van der Waals surface area contributed by atoms with Crippen LogP contribution in [-0.2, 0) is 4.75 Å². The summed E-state index contributed by atoms with van der Waals surface area (Å²) >= 11 is 11.2. The Morgan fingerprint density at radius 1 is 1.27 bits per heavy atom. The van der Waals surface area contributed by atoms with Crippen molar-refractivity contribution < 1.29 is 4.74 Å². The van der Waals surface area contributed by atoms with Gasteiger partial charge in [0, 0.05) is 22.1 Å². The number of pyridine rings is 1. The highest BCUT2D eigenvalue weighted by Crippen LogP contribution is 2.57. The second kappa shape index (κ2) is 5.15. The molecule has 0 bridgehead atoms. The minimum Gasteiger partial charge on any atom is -0.455 e. The molecule has 0 saturated carbocycles. The second-order valence-corrected chi connectivity index (χ2v) is 7.77. The molecule has 4 nitrogen and oxygen atoms in total. The lowest BCUT2D eigenvalue weighted by Crippen LogP contribution is -2.35. The van der Waals surface area contributed by atoms with Gasteiger partial charge in [0.2, 0.25) is 0 Å². The molecule has 2 aliphatic heterocycles. The van der Waals surface area contributed by atoms with Crippen LogP contribution in [0.2, 0.25) is 5.15 Å². The molecule has 7 heteroatoms. The summed E-state index contributed by atoms with van der Waals surface area (Å²) in [7, 11) is 0. The van der Waals surface area contributed by atoms with E-state index in [1.54, 1.807) is 18.0 Å². The summed E-state index contributed by atoms with van der Waals surface area (Å²) in [5.74, 6) is 1.54. The van der Waals surface area contributed by atoms with Crippen molar-refractivity contribution >= 4 is 44.5 Å². The third kappa shape index (κ3) is 2.13. The Labute approximate surface area is 145 Å². The third-order valence-electron chi connectivity index (χ3n) is 3.88. The van der Waals surface area contributed by atoms with E-state index < -0.39 is 0 Å². The van der Waals surface area contributed by atoms with Crippen LogP contribution in [0.4, 0.5) is 0 Å². The average Bonchev–Trinajstić information content (AvgIpc) is 2.49. The van der Waals surface area contributed by atoms with E-state index in [1.165, 1.54) is 0 Å². The topological polar surface area (TPSA) is 60.5 Å². The molecule has 0 aliphatic carbocycles. The van der Waals surface area contributed by atoms with E-state index in [0.717, 1.165) is 33.5 Å². The molecule has 4 rings (SSSR count). The van der Waals surface area contributed by atoms with Crippen molar-refractivity contribution in [2.75, 3.05) is 6.54 Å². The van der Waals surface area contributed by atoms with Crippen LogP contribution < -0.4 is 10.5 Å². The number of amidine groups is 1. The van der Waals surface area contributed by atoms with Crippen molar-refractivity contribution in [3.8, 4) is 11.5 Å². The van der Waals surface area contributed by atoms with E-state index in [0.29, 0.717) is 16.9 Å². The molecular formula is C15H11BrClN3OS. The van der Waals surface area contributed by atoms with Crippen molar-refractivity contribution in [2.24, 2.45) is 10.7 Å². The Bertz CT molecular complexity index is 760. The molecule has 0 saturated heterocycles. The number of rotatable bonds is 0. The number of aromatic nitrogens is 1. The Hall–Kier alpha value is -1.24. The molecule has 22 heavy (non-hydrogen) atoms. The summed E-state index contributed by atoms with van der Waals surface area (Å²) in [6.45, 7) is 0.671. The molecule has 0 fully saturated rings. The number of halogens is 2. The van der Waals surface area contributed by atoms with Crippen LogP contribution in [0.15, 0.2) is 39.9 Å². The van der Waals surface area contributed by atoms with E-state index in [2.05, 4.69) is 32.0 Å². The highest BCUT2D eigenvalue weighted by atomic mass is 79.9. The van der Waals surface area contributed by atoms with Gasteiger partial charge in [-0.25, -0.2) is 4.98 Å². The Balaban J connectivity index is 2.01. The molecule has 3 heterocycles. The molecule has 1 aromatic carbocycles. The minimum absolute atomic E-state index is 0.342. The molecule has 2 N–H and O–H groups in total. The lowest BCUT2D eigenvalue weighted by atomic mass is 9.85. The van der Waals surface area contributed by atoms with Crippen LogP contribution in [-0.4, -0.2) is 16.7 Å². The quantitative estimate of drug-likeness (QED) is 0.675. The zero-order chi connectivity index (χ0) is 15.3. The molecule has 0 unspecified atom stereocenters. The summed E-state index contributed by atoms with van der Waals surface area (Å²) in [6, 6.07) is 7.87. The zero-order valence-corrected chi connectivity index (χ0v) is 14.5. The highest BCUT2D eigenvalue weighted by Gasteiger charge is 2.45. The first kappa shape index (κ1) is 14.4. The van der Waals surface area contributed by atoms with Gasteiger partial charge in [-0.3, -0.25) is 4.99 Å². The predicted molar refractivity (Wildman–Crippen MR) is 92.9 cm³/mol. The van der Waals surface area contributed by atoms with Crippen LogP contribution in [0.5, 0.6) is 11.5 Å². The molecule has 112 valence electrons. The number of thioether (sulfide) groups is 1. The van der Waals surface area contributed by atoms with Gasteiger partial charge in [0.1, 0.15) is 10.9 Å². The largest absolute Gasteiger partial charge is 0.455 e. The standard InChI is InChI=1S/C15H11BrClN3OS/c16-8-1-2-11-9(5-8)15(3-4-19-14(18)22-15)10-6-13(17)20-7-12(10)21-11/h1-2,5-7H,3-4H2,(H2,18,19)/t15-/m0/s1. The number of nitrogens with two attached hydrogens (primary N) is 1. The van der Waals surface area contributed by atoms with E-state index >= 15 is 0 Å². The van der Waals surface area contributed by atoms with Gasteiger partial charge < -0.3 is 10.5 Å². The SMILES string of the molecule is NC1=NCC[C@]2(S1)c1cc(Br)ccc1Oc1cnc(Cl)cc12. The number of hydrogen-bond donors (Lipinski definition) is 1. The molecule has 2 aliphatic rings. The monoisotopic (exact) mass is 395 g/mol. The molecule has 0 amide bonds. The third-order valence-corrected chi connectivity index (χ3v) is 5.91. The predicted octanol–water partition coefficient (Wildman–Crippen LogP) is 4.30. The maximum atomic E-state index is 6.13. The van der Waals surface area contributed by atoms with Gasteiger partial charge in [-0.15, -0.1) is 0 Å². The van der Waals surface area contributed by atoms with Gasteiger partial charge in [-0.05, 0) is 30.7 Å². The van der Waals surface area contributed by atoms with Gasteiger partial charge in [-0.1, -0.05) is 39.3 Å². The molecule has 0 radical (unpaired) electrons. The minimum atomic E-state index is -0.342. The van der Waals surface area contributed by atoms with E-state index in [4.69, 9.17) is 22.1 Å². The summed E-state index contributed by atoms with van der Waals surface area (Å²) in [4.78, 5) is 8.47. The second-order valence-electron chi connectivity index (χ2n) is 5.14. The number of benzene rings is 1. The average molecular weight is 397 g/mol. The summed E-state index contributed by atoms with van der Waals surface area (Å²) < 4.78 is 6.67. The summed E-state index contributed by atoms with van der Waals surface area (Å²) in [5, 5.41) is 1.03. The van der Waals surface area contributed by atoms with E-state index in [1.807, 2.05) is 18.2 Å². The van der Waals surface area contributed by atoms with Crippen LogP contribution in [0.25, 0.3) is 0 Å². The van der Waals surface area contributed by atoms with Gasteiger partial charge >= 0.3 is 0 Å². The first-order valence-electron chi connectivity index (χ1n) is 6.71. The smallest absolute Gasteiger partial charge is 0.155 e. The summed E-state index contributed by atoms with van der Waals surface area (Å²) in [6.07, 6.45) is 2.51. The Morgan fingerprint density at radius 2 is 2.09 bits per heavy atom. The first-order chi connectivity index (χ1) is 10.6. The van der Waals surface area contributed by atoms with Gasteiger partial charge in [0.15, 0.2) is 10.9 Å². The summed E-state index contributed by atoms with van der Waals surface area (Å²) in [5.41, 5.74) is 8.13.